The summed E-state index contributed by atoms with van der Waals surface area (Å²) < 4.78 is 0. The molecule has 0 bridgehead atoms. The highest BCUT2D eigenvalue weighted by molar-refractivity contribution is 6.30. The first kappa shape index (κ1) is 14.4. The zero-order valence-corrected chi connectivity index (χ0v) is 12.4. The number of hydrogen-bond acceptors (Lipinski definition) is 2. The van der Waals surface area contributed by atoms with Gasteiger partial charge >= 0.3 is 5.97 Å². The predicted octanol–water partition coefficient (Wildman–Crippen LogP) is 2.77. The molecule has 2 fully saturated rings. The Bertz CT molecular complexity index is 574. The molecule has 1 aliphatic carbocycles. The van der Waals surface area contributed by atoms with Gasteiger partial charge < -0.3 is 10.0 Å². The molecule has 2 aliphatic rings. The fourth-order valence-electron chi connectivity index (χ4n) is 3.19. The number of carboxylic acids is 1. The van der Waals surface area contributed by atoms with Gasteiger partial charge in [-0.2, -0.15) is 0 Å². The van der Waals surface area contributed by atoms with Gasteiger partial charge in [0.2, 0.25) is 5.91 Å². The predicted molar refractivity (Wildman–Crippen MR) is 79.2 cm³/mol. The van der Waals surface area contributed by atoms with E-state index < -0.39 is 11.9 Å². The summed E-state index contributed by atoms with van der Waals surface area (Å²) in [7, 11) is 0. The molecule has 5 heteroatoms. The topological polar surface area (TPSA) is 57.6 Å². The Morgan fingerprint density at radius 2 is 2.14 bits per heavy atom. The van der Waals surface area contributed by atoms with E-state index in [1.807, 2.05) is 24.3 Å². The van der Waals surface area contributed by atoms with Crippen molar-refractivity contribution in [3.05, 3.63) is 34.9 Å². The van der Waals surface area contributed by atoms with Crippen LogP contribution in [0.5, 0.6) is 0 Å². The summed E-state index contributed by atoms with van der Waals surface area (Å²) in [5, 5.41) is 9.79. The number of hydrogen-bond donors (Lipinski definition) is 1. The number of piperidine rings is 1. The average Bonchev–Trinajstić information content (AvgIpc) is 3.27. The molecule has 1 N–H and O–H groups in total. The second-order valence-electron chi connectivity index (χ2n) is 5.97. The third kappa shape index (κ3) is 3.05. The first-order chi connectivity index (χ1) is 10.1. The lowest BCUT2D eigenvalue weighted by Crippen LogP contribution is -2.43. The Hall–Kier alpha value is -1.55. The maximum atomic E-state index is 12.5. The maximum Gasteiger partial charge on any atom is 0.308 e. The van der Waals surface area contributed by atoms with Crippen LogP contribution >= 0.6 is 11.6 Å². The fourth-order valence-corrected chi connectivity index (χ4v) is 3.39. The lowest BCUT2D eigenvalue weighted by atomic mass is 9.97. The number of carbonyl (C=O) groups excluding carboxylic acids is 1. The van der Waals surface area contributed by atoms with Crippen LogP contribution < -0.4 is 0 Å². The summed E-state index contributed by atoms with van der Waals surface area (Å²) in [5.41, 5.74) is 1.10. The lowest BCUT2D eigenvalue weighted by molar-refractivity contribution is -0.146. The molecule has 112 valence electrons. The number of benzene rings is 1. The maximum absolute atomic E-state index is 12.5. The highest BCUT2D eigenvalue weighted by atomic mass is 35.5. The van der Waals surface area contributed by atoms with E-state index in [4.69, 9.17) is 16.7 Å². The van der Waals surface area contributed by atoms with E-state index >= 15 is 0 Å². The Balaban J connectivity index is 1.63. The zero-order chi connectivity index (χ0) is 15.0. The number of carbonyl (C=O) groups is 2. The SMILES string of the molecule is O=C(O)[C@@H]1CCCN(C(=O)[C@H]2C[C@H]2c2cccc(Cl)c2)C1. The van der Waals surface area contributed by atoms with Gasteiger partial charge in [0.15, 0.2) is 0 Å². The number of rotatable bonds is 3. The van der Waals surface area contributed by atoms with Crippen molar-refractivity contribution in [1.29, 1.82) is 0 Å². The van der Waals surface area contributed by atoms with Crippen molar-refractivity contribution in [2.45, 2.75) is 25.2 Å². The highest BCUT2D eigenvalue weighted by Crippen LogP contribution is 2.49. The van der Waals surface area contributed by atoms with E-state index in [2.05, 4.69) is 0 Å². The molecule has 1 heterocycles. The minimum Gasteiger partial charge on any atom is -0.481 e. The number of nitrogens with zero attached hydrogens (tertiary/aromatic N) is 1. The molecule has 1 saturated carbocycles. The number of amides is 1. The number of halogens is 1. The number of carboxylic acid groups (broad SMARTS) is 1. The highest BCUT2D eigenvalue weighted by Gasteiger charge is 2.46. The molecule has 1 amide bonds. The Morgan fingerprint density at radius 1 is 1.33 bits per heavy atom. The molecule has 3 rings (SSSR count). The minimum atomic E-state index is -0.797. The van der Waals surface area contributed by atoms with Crippen molar-refractivity contribution in [1.82, 2.24) is 4.90 Å². The van der Waals surface area contributed by atoms with E-state index in [1.165, 1.54) is 0 Å². The van der Waals surface area contributed by atoms with E-state index in [1.54, 1.807) is 4.90 Å². The fraction of sp³-hybridized carbons (Fsp3) is 0.500. The summed E-state index contributed by atoms with van der Waals surface area (Å²) in [6.07, 6.45) is 2.28. The lowest BCUT2D eigenvalue weighted by Gasteiger charge is -2.31. The van der Waals surface area contributed by atoms with Crippen molar-refractivity contribution < 1.29 is 14.7 Å². The second-order valence-corrected chi connectivity index (χ2v) is 6.40. The van der Waals surface area contributed by atoms with Crippen LogP contribution in [0.3, 0.4) is 0 Å². The van der Waals surface area contributed by atoms with Gasteiger partial charge in [0.1, 0.15) is 0 Å². The molecule has 0 unspecified atom stereocenters. The molecule has 21 heavy (non-hydrogen) atoms. The van der Waals surface area contributed by atoms with Crippen LogP contribution in [-0.4, -0.2) is 35.0 Å². The third-order valence-corrected chi connectivity index (χ3v) is 4.70. The van der Waals surface area contributed by atoms with Gasteiger partial charge in [-0.15, -0.1) is 0 Å². The molecule has 4 nitrogen and oxygen atoms in total. The van der Waals surface area contributed by atoms with Crippen molar-refractivity contribution in [2.75, 3.05) is 13.1 Å². The first-order valence-corrected chi connectivity index (χ1v) is 7.71. The summed E-state index contributed by atoms with van der Waals surface area (Å²) in [6, 6.07) is 7.64. The van der Waals surface area contributed by atoms with Crippen LogP contribution in [-0.2, 0) is 9.59 Å². The molecule has 1 aromatic carbocycles. The molecular formula is C16H18ClNO3. The van der Waals surface area contributed by atoms with Gasteiger partial charge in [0.05, 0.1) is 5.92 Å². The molecule has 0 spiro atoms. The normalized spacial score (nSPS) is 28.2. The van der Waals surface area contributed by atoms with E-state index in [-0.39, 0.29) is 17.7 Å². The standard InChI is InChI=1S/C16H18ClNO3/c17-12-5-1-3-10(7-12)13-8-14(13)15(19)18-6-2-4-11(9-18)16(20)21/h1,3,5,7,11,13-14H,2,4,6,8-9H2,(H,20,21)/t11-,13+,14+/m1/s1. The largest absolute Gasteiger partial charge is 0.481 e. The molecule has 0 radical (unpaired) electrons. The second kappa shape index (κ2) is 5.68. The van der Waals surface area contributed by atoms with Gasteiger partial charge in [-0.1, -0.05) is 23.7 Å². The monoisotopic (exact) mass is 307 g/mol. The third-order valence-electron chi connectivity index (χ3n) is 4.47. The Kier molecular flexibility index (Phi) is 3.89. The molecule has 1 aliphatic heterocycles. The molecule has 0 aromatic heterocycles. The molecule has 1 saturated heterocycles. The Labute approximate surface area is 128 Å². The average molecular weight is 308 g/mol. The van der Waals surface area contributed by atoms with Crippen molar-refractivity contribution in [3.8, 4) is 0 Å². The quantitative estimate of drug-likeness (QED) is 0.934. The van der Waals surface area contributed by atoms with Gasteiger partial charge in [0, 0.05) is 24.0 Å². The smallest absolute Gasteiger partial charge is 0.308 e. The van der Waals surface area contributed by atoms with Gasteiger partial charge in [0.25, 0.3) is 0 Å². The summed E-state index contributed by atoms with van der Waals surface area (Å²) >= 11 is 5.99. The summed E-state index contributed by atoms with van der Waals surface area (Å²) in [4.78, 5) is 25.3. The first-order valence-electron chi connectivity index (χ1n) is 7.33. The van der Waals surface area contributed by atoms with Crippen LogP contribution in [0.4, 0.5) is 0 Å². The van der Waals surface area contributed by atoms with E-state index in [9.17, 15) is 9.59 Å². The van der Waals surface area contributed by atoms with Crippen LogP contribution in [0.15, 0.2) is 24.3 Å². The van der Waals surface area contributed by atoms with Gasteiger partial charge in [-0.05, 0) is 42.9 Å². The van der Waals surface area contributed by atoms with Crippen LogP contribution in [0, 0.1) is 11.8 Å². The van der Waals surface area contributed by atoms with Crippen LogP contribution in [0.2, 0.25) is 5.02 Å². The van der Waals surface area contributed by atoms with Crippen LogP contribution in [0.1, 0.15) is 30.7 Å². The van der Waals surface area contributed by atoms with Gasteiger partial charge in [-0.25, -0.2) is 0 Å². The van der Waals surface area contributed by atoms with Crippen molar-refractivity contribution in [3.63, 3.8) is 0 Å². The van der Waals surface area contributed by atoms with Crippen LogP contribution in [0.25, 0.3) is 0 Å². The molecule has 3 atom stereocenters. The number of aliphatic carboxylic acids is 1. The van der Waals surface area contributed by atoms with Crippen molar-refractivity contribution >= 4 is 23.5 Å². The summed E-state index contributed by atoms with van der Waals surface area (Å²) in [6.45, 7) is 1.04. The molecular weight excluding hydrogens is 290 g/mol. The van der Waals surface area contributed by atoms with E-state index in [0.29, 0.717) is 24.5 Å². The summed E-state index contributed by atoms with van der Waals surface area (Å²) in [5.74, 6) is -0.871. The molecule has 1 aromatic rings. The number of likely N-dealkylation sites (tertiary alicyclic amines) is 1. The Morgan fingerprint density at radius 3 is 2.86 bits per heavy atom. The van der Waals surface area contributed by atoms with E-state index in [0.717, 1.165) is 18.4 Å². The van der Waals surface area contributed by atoms with Crippen molar-refractivity contribution in [2.24, 2.45) is 11.8 Å². The zero-order valence-electron chi connectivity index (χ0n) is 11.7. The minimum absolute atomic E-state index is 0.00369. The van der Waals surface area contributed by atoms with Gasteiger partial charge in [-0.3, -0.25) is 9.59 Å².